The lowest BCUT2D eigenvalue weighted by Gasteiger charge is -2.37. The van der Waals surface area contributed by atoms with Crippen molar-refractivity contribution in [3.63, 3.8) is 0 Å². The molecule has 1 N–H and O–H groups in total. The predicted molar refractivity (Wildman–Crippen MR) is 72.3 cm³/mol. The van der Waals surface area contributed by atoms with Crippen molar-refractivity contribution in [1.82, 2.24) is 10.2 Å². The van der Waals surface area contributed by atoms with Gasteiger partial charge >= 0.3 is 0 Å². The number of hydrogen-bond acceptors (Lipinski definition) is 2. The van der Waals surface area contributed by atoms with E-state index in [0.29, 0.717) is 11.9 Å². The molecule has 0 aromatic heterocycles. The third-order valence-electron chi connectivity index (χ3n) is 5.24. The van der Waals surface area contributed by atoms with Gasteiger partial charge in [0.2, 0.25) is 5.91 Å². The molecule has 1 aliphatic carbocycles. The number of fused-ring (bicyclic) bond motifs is 1. The number of carbonyl (C=O) groups is 1. The Labute approximate surface area is 110 Å². The number of amides is 1. The highest BCUT2D eigenvalue weighted by Gasteiger charge is 2.37. The Bertz CT molecular complexity index is 299. The average Bonchev–Trinajstić information content (AvgIpc) is 3.05. The highest BCUT2D eigenvalue weighted by Crippen LogP contribution is 2.30. The summed E-state index contributed by atoms with van der Waals surface area (Å²) in [7, 11) is 0. The highest BCUT2D eigenvalue weighted by atomic mass is 16.2. The van der Waals surface area contributed by atoms with Crippen LogP contribution in [0, 0.1) is 11.8 Å². The van der Waals surface area contributed by atoms with E-state index in [4.69, 9.17) is 0 Å². The molecule has 2 aliphatic heterocycles. The monoisotopic (exact) mass is 250 g/mol. The maximum Gasteiger partial charge on any atom is 0.222 e. The number of likely N-dealkylation sites (tertiary alicyclic amines) is 1. The van der Waals surface area contributed by atoms with Crippen LogP contribution in [0.1, 0.15) is 51.4 Å². The van der Waals surface area contributed by atoms with Gasteiger partial charge < -0.3 is 10.2 Å². The average molecular weight is 250 g/mol. The number of nitrogens with one attached hydrogen (secondary N) is 1. The molecule has 0 aromatic rings. The summed E-state index contributed by atoms with van der Waals surface area (Å²) >= 11 is 0. The molecule has 0 bridgehead atoms. The maximum absolute atomic E-state index is 12.4. The fourth-order valence-electron chi connectivity index (χ4n) is 4.15. The number of piperidine rings is 1. The lowest BCUT2D eigenvalue weighted by atomic mass is 9.91. The second-order valence-electron chi connectivity index (χ2n) is 6.40. The minimum atomic E-state index is 0.431. The van der Waals surface area contributed by atoms with Crippen molar-refractivity contribution in [2.45, 2.75) is 57.4 Å². The number of hydrogen-bond donors (Lipinski definition) is 1. The van der Waals surface area contributed by atoms with E-state index in [1.54, 1.807) is 0 Å². The highest BCUT2D eigenvalue weighted by molar-refractivity contribution is 5.76. The Balaban J connectivity index is 1.51. The van der Waals surface area contributed by atoms with Crippen molar-refractivity contribution in [1.29, 1.82) is 0 Å². The summed E-state index contributed by atoms with van der Waals surface area (Å²) in [6.07, 6.45) is 9.95. The second kappa shape index (κ2) is 5.60. The predicted octanol–water partition coefficient (Wildman–Crippen LogP) is 2.17. The Morgan fingerprint density at radius 2 is 1.94 bits per heavy atom. The van der Waals surface area contributed by atoms with Crippen LogP contribution in [0.15, 0.2) is 0 Å². The van der Waals surface area contributed by atoms with E-state index in [2.05, 4.69) is 10.2 Å². The Hall–Kier alpha value is -0.570. The van der Waals surface area contributed by atoms with Crippen LogP contribution in [0.2, 0.25) is 0 Å². The van der Waals surface area contributed by atoms with Gasteiger partial charge in [0, 0.05) is 32.1 Å². The van der Waals surface area contributed by atoms with Crippen molar-refractivity contribution < 1.29 is 4.79 Å². The molecule has 1 saturated carbocycles. The van der Waals surface area contributed by atoms with Gasteiger partial charge in [0.15, 0.2) is 0 Å². The van der Waals surface area contributed by atoms with Crippen molar-refractivity contribution in [2.24, 2.45) is 11.8 Å². The van der Waals surface area contributed by atoms with Gasteiger partial charge in [-0.3, -0.25) is 4.79 Å². The molecule has 3 fully saturated rings. The van der Waals surface area contributed by atoms with Crippen LogP contribution < -0.4 is 5.32 Å². The molecule has 102 valence electrons. The molecule has 0 radical (unpaired) electrons. The first kappa shape index (κ1) is 12.5. The van der Waals surface area contributed by atoms with Gasteiger partial charge in [-0.1, -0.05) is 25.7 Å². The molecule has 2 atom stereocenters. The van der Waals surface area contributed by atoms with Gasteiger partial charge in [-0.25, -0.2) is 0 Å². The van der Waals surface area contributed by atoms with E-state index >= 15 is 0 Å². The summed E-state index contributed by atoms with van der Waals surface area (Å²) in [6, 6.07) is 0.509. The maximum atomic E-state index is 12.4. The zero-order chi connectivity index (χ0) is 12.4. The van der Waals surface area contributed by atoms with E-state index in [0.717, 1.165) is 44.3 Å². The number of rotatable bonds is 3. The van der Waals surface area contributed by atoms with Gasteiger partial charge in [0.25, 0.3) is 0 Å². The Morgan fingerprint density at radius 1 is 1.11 bits per heavy atom. The van der Waals surface area contributed by atoms with Crippen LogP contribution in [-0.2, 0) is 4.79 Å². The Morgan fingerprint density at radius 3 is 2.78 bits per heavy atom. The SMILES string of the molecule is O=C(CCC1CCCC1)N1CCCC2CNCC21. The fourth-order valence-corrected chi connectivity index (χ4v) is 4.15. The second-order valence-corrected chi connectivity index (χ2v) is 6.40. The van der Waals surface area contributed by atoms with Crippen LogP contribution >= 0.6 is 0 Å². The van der Waals surface area contributed by atoms with Gasteiger partial charge in [0.05, 0.1) is 0 Å². The number of nitrogens with zero attached hydrogens (tertiary/aromatic N) is 1. The standard InChI is InChI=1S/C15H26N2O/c18-15(8-7-12-4-1-2-5-12)17-9-3-6-13-10-16-11-14(13)17/h12-14,16H,1-11H2. The van der Waals surface area contributed by atoms with E-state index in [1.807, 2.05) is 0 Å². The number of carbonyl (C=O) groups excluding carboxylic acids is 1. The quantitative estimate of drug-likeness (QED) is 0.832. The van der Waals surface area contributed by atoms with Crippen molar-refractivity contribution in [3.8, 4) is 0 Å². The van der Waals surface area contributed by atoms with Crippen LogP contribution in [-0.4, -0.2) is 36.5 Å². The van der Waals surface area contributed by atoms with Gasteiger partial charge in [-0.15, -0.1) is 0 Å². The lowest BCUT2D eigenvalue weighted by Crippen LogP contribution is -2.48. The minimum absolute atomic E-state index is 0.431. The van der Waals surface area contributed by atoms with Gasteiger partial charge in [-0.05, 0) is 31.1 Å². The molecule has 0 aromatic carbocycles. The lowest BCUT2D eigenvalue weighted by molar-refractivity contribution is -0.135. The first-order chi connectivity index (χ1) is 8.84. The molecule has 0 spiro atoms. The van der Waals surface area contributed by atoms with Crippen molar-refractivity contribution >= 4 is 5.91 Å². The van der Waals surface area contributed by atoms with Crippen LogP contribution in [0.5, 0.6) is 0 Å². The smallest absolute Gasteiger partial charge is 0.222 e. The Kier molecular flexibility index (Phi) is 3.88. The van der Waals surface area contributed by atoms with E-state index < -0.39 is 0 Å². The molecule has 2 saturated heterocycles. The van der Waals surface area contributed by atoms with Crippen LogP contribution in [0.3, 0.4) is 0 Å². The molecule has 1 amide bonds. The first-order valence-corrected chi connectivity index (χ1v) is 7.85. The topological polar surface area (TPSA) is 32.3 Å². The summed E-state index contributed by atoms with van der Waals surface area (Å²) in [4.78, 5) is 14.6. The largest absolute Gasteiger partial charge is 0.338 e. The van der Waals surface area contributed by atoms with E-state index in [9.17, 15) is 4.79 Å². The molecule has 2 unspecified atom stereocenters. The molecule has 3 heteroatoms. The molecule has 18 heavy (non-hydrogen) atoms. The third-order valence-corrected chi connectivity index (χ3v) is 5.24. The van der Waals surface area contributed by atoms with Crippen molar-refractivity contribution in [3.05, 3.63) is 0 Å². The fraction of sp³-hybridized carbons (Fsp3) is 0.933. The molecule has 3 aliphatic rings. The zero-order valence-electron chi connectivity index (χ0n) is 11.4. The molecule has 2 heterocycles. The third kappa shape index (κ3) is 2.56. The molecular formula is C15H26N2O. The van der Waals surface area contributed by atoms with Crippen molar-refractivity contribution in [2.75, 3.05) is 19.6 Å². The van der Waals surface area contributed by atoms with E-state index in [-0.39, 0.29) is 0 Å². The van der Waals surface area contributed by atoms with Gasteiger partial charge in [0.1, 0.15) is 0 Å². The first-order valence-electron chi connectivity index (χ1n) is 7.85. The normalized spacial score (nSPS) is 32.8. The van der Waals surface area contributed by atoms with Gasteiger partial charge in [-0.2, -0.15) is 0 Å². The zero-order valence-corrected chi connectivity index (χ0v) is 11.4. The summed E-state index contributed by atoms with van der Waals surface area (Å²) in [6.45, 7) is 3.16. The van der Waals surface area contributed by atoms with Crippen LogP contribution in [0.4, 0.5) is 0 Å². The molecular weight excluding hydrogens is 224 g/mol. The summed E-state index contributed by atoms with van der Waals surface area (Å²) in [5.74, 6) is 2.01. The molecule has 3 rings (SSSR count). The molecule has 3 nitrogen and oxygen atoms in total. The van der Waals surface area contributed by atoms with Crippen LogP contribution in [0.25, 0.3) is 0 Å². The minimum Gasteiger partial charge on any atom is -0.338 e. The van der Waals surface area contributed by atoms with E-state index in [1.165, 1.54) is 38.5 Å². The summed E-state index contributed by atoms with van der Waals surface area (Å²) in [5, 5.41) is 3.45. The summed E-state index contributed by atoms with van der Waals surface area (Å²) < 4.78 is 0. The summed E-state index contributed by atoms with van der Waals surface area (Å²) in [5.41, 5.74) is 0.